The molecule has 0 aliphatic carbocycles. The Balaban J connectivity index is 1.08. The van der Waals surface area contributed by atoms with Crippen LogP contribution in [0.25, 0.3) is 99.8 Å². The summed E-state index contributed by atoms with van der Waals surface area (Å²) in [5.41, 5.74) is 8.15. The second kappa shape index (κ2) is 17.2. The van der Waals surface area contributed by atoms with Crippen LogP contribution in [0.2, 0.25) is 0 Å². The molecule has 13 rings (SSSR count). The Labute approximate surface area is 442 Å². The predicted molar refractivity (Wildman–Crippen MR) is 293 cm³/mol. The van der Waals surface area contributed by atoms with Gasteiger partial charge in [-0.2, -0.15) is 0 Å². The van der Waals surface area contributed by atoms with Crippen LogP contribution in [0.4, 0.5) is 0 Å². The van der Waals surface area contributed by atoms with Crippen molar-refractivity contribution in [2.24, 2.45) is 0 Å². The first-order chi connectivity index (χ1) is 39.3. The summed E-state index contributed by atoms with van der Waals surface area (Å²) in [5.74, 6) is 1.93. The Morgan fingerprint density at radius 3 is 1.57 bits per heavy atom. The van der Waals surface area contributed by atoms with Gasteiger partial charge in [-0.15, -0.1) is 0 Å². The van der Waals surface area contributed by atoms with E-state index in [1.54, 1.807) is 12.1 Å². The fourth-order valence-corrected chi connectivity index (χ4v) is 11.3. The molecular weight excluding hydrogens is 1060 g/mol. The average molecular weight is 1120 g/mol. The van der Waals surface area contributed by atoms with Gasteiger partial charge in [0.05, 0.1) is 0 Å². The van der Waals surface area contributed by atoms with Crippen LogP contribution < -0.4 is 4.74 Å². The van der Waals surface area contributed by atoms with Gasteiger partial charge in [0.25, 0.3) is 0 Å². The molecule has 0 amide bonds. The summed E-state index contributed by atoms with van der Waals surface area (Å²) in [6.07, 6.45) is 1.86. The second-order valence-corrected chi connectivity index (χ2v) is 20.0. The standard InChI is InChI=1S/C65H49N5O.Pt/c1-43-35-47(38-50(36-43)71-49-31-32-54-53-25-13-16-28-59(53)70(62(54)41-49)63-37-46(33-34-66-63)65(2,3)4)67-42-68(61-30-18-17-29-60(61)67)64-55(44-19-7-5-8-20-44)39-48(40-56(64)45-21-9-6-10-22-45)69-57-26-14-11-23-51(57)52-24-12-15-27-58(52)69;/h5-41H,1-4H3;/i5D,6D,7D,8D,9D,10D,19D,20D,21D,22D;. The van der Waals surface area contributed by atoms with E-state index in [2.05, 4.69) is 75.0 Å². The van der Waals surface area contributed by atoms with Gasteiger partial charge in [-0.05, 0) is 17.0 Å². The zero-order valence-electron chi connectivity index (χ0n) is 49.5. The molecule has 0 atom stereocenters. The zero-order chi connectivity index (χ0) is 57.4. The van der Waals surface area contributed by atoms with E-state index < -0.39 is 60.4 Å². The Bertz CT molecular complexity index is 4750. The van der Waals surface area contributed by atoms with Gasteiger partial charge >= 0.3 is 389 Å². The fraction of sp³-hybridized carbons (Fsp3) is 0.0769. The number of imidazole rings is 1. The maximum absolute atomic E-state index is 9.58. The van der Waals surface area contributed by atoms with Crippen LogP contribution in [0, 0.1) is 10.7 Å². The summed E-state index contributed by atoms with van der Waals surface area (Å²) >= 11 is 2.22. The van der Waals surface area contributed by atoms with Crippen molar-refractivity contribution in [2.75, 3.05) is 0 Å². The van der Waals surface area contributed by atoms with Crippen molar-refractivity contribution < 1.29 is 37.8 Å². The van der Waals surface area contributed by atoms with E-state index in [0.717, 1.165) is 60.6 Å². The molecule has 4 heterocycles. The van der Waals surface area contributed by atoms with Gasteiger partial charge in [0.2, 0.25) is 0 Å². The van der Waals surface area contributed by atoms with Crippen LogP contribution >= 0.6 is 0 Å². The van der Waals surface area contributed by atoms with E-state index in [9.17, 15) is 5.48 Å². The number of rotatable bonds is 8. The summed E-state index contributed by atoms with van der Waals surface area (Å²) in [6, 6.07) is 46.0. The van der Waals surface area contributed by atoms with Crippen molar-refractivity contribution in [3.05, 3.63) is 239 Å². The molecule has 0 aliphatic heterocycles. The number of para-hydroxylation sites is 5. The van der Waals surface area contributed by atoms with Crippen molar-refractivity contribution in [3.63, 3.8) is 0 Å². The SMILES string of the molecule is [2H]c1c([2H])c([2H])c(-c2cc(-n3c4ccccc4c4ccccc43)cc(-c3c([2H])c([2H])c([2H])c([2H])c3[2H])c2-n2[c](=[Pt])n(-c3cc(C)cc(Oc4ccc5c6ccccc6n(-c6cc(C(C)(C)C)ccn6)c5c4)c3)c3ccccc32)c([2H])c1[2H]. The van der Waals surface area contributed by atoms with Crippen molar-refractivity contribution >= 4 is 54.6 Å². The summed E-state index contributed by atoms with van der Waals surface area (Å²) in [6.45, 7) is 8.54. The minimum atomic E-state index is -0.577. The molecule has 0 fully saturated rings. The molecular formula is C65H49N5OPt. The van der Waals surface area contributed by atoms with Crippen LogP contribution in [0.5, 0.6) is 11.5 Å². The van der Waals surface area contributed by atoms with E-state index in [1.807, 2.05) is 142 Å². The third-order valence-corrected chi connectivity index (χ3v) is 14.4. The molecule has 0 saturated carbocycles. The molecule has 0 radical (unpaired) electrons. The molecule has 0 bridgehead atoms. The van der Waals surface area contributed by atoms with Crippen LogP contribution in [0.1, 0.15) is 45.6 Å². The molecule has 350 valence electrons. The zero-order valence-corrected chi connectivity index (χ0v) is 41.8. The van der Waals surface area contributed by atoms with Gasteiger partial charge < -0.3 is 0 Å². The van der Waals surface area contributed by atoms with E-state index in [4.69, 9.17) is 17.9 Å². The number of hydrogen-bond acceptors (Lipinski definition) is 2. The number of ether oxygens (including phenoxy) is 1. The second-order valence-electron chi connectivity index (χ2n) is 19.0. The first-order valence-electron chi connectivity index (χ1n) is 28.6. The van der Waals surface area contributed by atoms with E-state index in [-0.39, 0.29) is 33.4 Å². The van der Waals surface area contributed by atoms with Crippen LogP contribution in [0.3, 0.4) is 0 Å². The van der Waals surface area contributed by atoms with E-state index in [0.29, 0.717) is 37.7 Å². The quantitative estimate of drug-likeness (QED) is 0.152. The predicted octanol–water partition coefficient (Wildman–Crippen LogP) is 16.8. The fourth-order valence-electron chi connectivity index (χ4n) is 10.2. The molecule has 6 nitrogen and oxygen atoms in total. The average Bonchev–Trinajstić information content (AvgIpc) is 4.05. The Morgan fingerprint density at radius 1 is 0.472 bits per heavy atom. The summed E-state index contributed by atoms with van der Waals surface area (Å²) < 4.78 is 107. The maximum atomic E-state index is 9.58. The van der Waals surface area contributed by atoms with Crippen molar-refractivity contribution in [2.45, 2.75) is 33.1 Å². The number of benzene rings is 9. The van der Waals surface area contributed by atoms with Gasteiger partial charge in [-0.3, -0.25) is 0 Å². The third-order valence-electron chi connectivity index (χ3n) is 13.4. The van der Waals surface area contributed by atoms with Gasteiger partial charge in [0.1, 0.15) is 0 Å². The van der Waals surface area contributed by atoms with Crippen molar-refractivity contribution in [1.29, 1.82) is 0 Å². The minimum absolute atomic E-state index is 0.103. The Hall–Kier alpha value is -8.31. The molecule has 0 aliphatic rings. The van der Waals surface area contributed by atoms with Gasteiger partial charge in [-0.25, -0.2) is 0 Å². The number of aryl methyl sites for hydroxylation is 1. The topological polar surface area (TPSA) is 41.8 Å². The first-order valence-corrected chi connectivity index (χ1v) is 24.8. The van der Waals surface area contributed by atoms with Crippen LogP contribution in [-0.4, -0.2) is 23.3 Å². The number of aromatic nitrogens is 5. The number of fused-ring (bicyclic) bond motifs is 7. The molecule has 7 heteroatoms. The molecule has 0 N–H and O–H groups in total. The van der Waals surface area contributed by atoms with Crippen molar-refractivity contribution in [1.82, 2.24) is 23.3 Å². The first kappa shape index (κ1) is 34.1. The molecule has 0 spiro atoms. The monoisotopic (exact) mass is 1120 g/mol. The van der Waals surface area contributed by atoms with Crippen molar-refractivity contribution in [3.8, 4) is 56.6 Å². The number of nitrogens with zero attached hydrogens (tertiary/aromatic N) is 5. The number of pyridine rings is 1. The Kier molecular flexibility index (Phi) is 8.15. The van der Waals surface area contributed by atoms with Crippen LogP contribution in [-0.2, 0) is 24.8 Å². The molecule has 0 unspecified atom stereocenters. The molecule has 13 aromatic rings. The van der Waals surface area contributed by atoms with Crippen LogP contribution in [0.15, 0.2) is 224 Å². The summed E-state index contributed by atoms with van der Waals surface area (Å²) in [7, 11) is 0. The van der Waals surface area contributed by atoms with Gasteiger partial charge in [0, 0.05) is 6.20 Å². The normalized spacial score (nSPS) is 13.9. The van der Waals surface area contributed by atoms with E-state index in [1.165, 1.54) is 0 Å². The summed E-state index contributed by atoms with van der Waals surface area (Å²) in [4.78, 5) is 4.88. The Morgan fingerprint density at radius 2 is 0.986 bits per heavy atom. The van der Waals surface area contributed by atoms with Gasteiger partial charge in [-0.1, -0.05) is 32.9 Å². The van der Waals surface area contributed by atoms with E-state index >= 15 is 0 Å². The molecule has 72 heavy (non-hydrogen) atoms. The molecule has 4 aromatic heterocycles. The third kappa shape index (κ3) is 7.28. The molecule has 0 saturated heterocycles. The summed E-state index contributed by atoms with van der Waals surface area (Å²) in [5, 5.41) is 3.97. The molecule has 9 aromatic carbocycles. The van der Waals surface area contributed by atoms with Gasteiger partial charge in [0.15, 0.2) is 0 Å². The number of hydrogen-bond donors (Lipinski definition) is 0.